The second-order valence-corrected chi connectivity index (χ2v) is 3.59. The fraction of sp³-hybridized carbons (Fsp3) is 1.00. The number of hydrazine groups is 1. The molecule has 0 aromatic rings. The van der Waals surface area contributed by atoms with E-state index in [-0.39, 0.29) is 0 Å². The van der Waals surface area contributed by atoms with E-state index in [1.54, 1.807) is 11.9 Å². The summed E-state index contributed by atoms with van der Waals surface area (Å²) in [6.45, 7) is 7.69. The third kappa shape index (κ3) is 2.14. The molecule has 0 aliphatic carbocycles. The van der Waals surface area contributed by atoms with Crippen LogP contribution in [0, 0.1) is 11.8 Å². The minimum Gasteiger partial charge on any atom is -0.252 e. The van der Waals surface area contributed by atoms with Gasteiger partial charge in [0.05, 0.1) is 0 Å². The fourth-order valence-electron chi connectivity index (χ4n) is 1.33. The summed E-state index contributed by atoms with van der Waals surface area (Å²) in [4.78, 5) is 0. The Labute approximate surface area is 67.7 Å². The summed E-state index contributed by atoms with van der Waals surface area (Å²) in [6.07, 6.45) is -0.862. The quantitative estimate of drug-likeness (QED) is 0.614. The molecule has 3 heteroatoms. The first-order chi connectivity index (χ1) is 5.11. The number of halogens is 1. The van der Waals surface area contributed by atoms with Crippen LogP contribution in [0.3, 0.4) is 0 Å². The van der Waals surface area contributed by atoms with Gasteiger partial charge in [0.25, 0.3) is 0 Å². The van der Waals surface area contributed by atoms with E-state index in [1.165, 1.54) is 0 Å². The molecule has 1 rings (SSSR count). The van der Waals surface area contributed by atoms with E-state index in [0.717, 1.165) is 13.1 Å². The van der Waals surface area contributed by atoms with Gasteiger partial charge in [0.1, 0.15) is 0 Å². The Kier molecular flexibility index (Phi) is 2.84. The highest BCUT2D eigenvalue weighted by Gasteiger charge is 2.27. The number of hydrogen-bond acceptors (Lipinski definition) is 2. The zero-order valence-electron chi connectivity index (χ0n) is 7.47. The lowest BCUT2D eigenvalue weighted by molar-refractivity contribution is 0.0758. The molecule has 2 unspecified atom stereocenters. The number of rotatable bonds is 2. The topological polar surface area (TPSA) is 15.3 Å². The van der Waals surface area contributed by atoms with Crippen molar-refractivity contribution in [2.24, 2.45) is 11.8 Å². The van der Waals surface area contributed by atoms with Crippen molar-refractivity contribution in [1.29, 1.82) is 0 Å². The minimum atomic E-state index is -0.862. The van der Waals surface area contributed by atoms with Gasteiger partial charge in [-0.1, -0.05) is 13.8 Å². The smallest absolute Gasteiger partial charge is 0.163 e. The Balaban J connectivity index is 2.35. The maximum absolute atomic E-state index is 12.7. The van der Waals surface area contributed by atoms with Crippen molar-refractivity contribution in [1.82, 2.24) is 10.4 Å². The predicted octanol–water partition coefficient (Wildman–Crippen LogP) is 1.39. The molecule has 1 aliphatic heterocycles. The molecule has 0 amide bonds. The van der Waals surface area contributed by atoms with Gasteiger partial charge in [-0.15, -0.1) is 0 Å². The molecule has 2 nitrogen and oxygen atoms in total. The van der Waals surface area contributed by atoms with Gasteiger partial charge in [-0.3, -0.25) is 5.43 Å². The number of nitrogens with zero attached hydrogens (tertiary/aromatic N) is 1. The Morgan fingerprint density at radius 3 is 2.36 bits per heavy atom. The largest absolute Gasteiger partial charge is 0.252 e. The monoisotopic (exact) mass is 160 g/mol. The lowest BCUT2D eigenvalue weighted by Crippen LogP contribution is -2.36. The molecule has 0 spiro atoms. The summed E-state index contributed by atoms with van der Waals surface area (Å²) in [7, 11) is 0. The zero-order chi connectivity index (χ0) is 8.43. The molecular formula is C8H17FN2. The van der Waals surface area contributed by atoms with Crippen molar-refractivity contribution in [3.63, 3.8) is 0 Å². The number of hydrogen-bond donors (Lipinski definition) is 1. The molecule has 0 saturated carbocycles. The standard InChI is InChI=1S/C8H17FN2/c1-6(2)8-4-10-11(5-8)7(3)9/h6-8,10H,4-5H2,1-3H3. The molecular weight excluding hydrogens is 143 g/mol. The van der Waals surface area contributed by atoms with Gasteiger partial charge < -0.3 is 0 Å². The average Bonchev–Trinajstić information content (AvgIpc) is 2.33. The molecule has 0 bridgehead atoms. The number of alkyl halides is 1. The zero-order valence-corrected chi connectivity index (χ0v) is 7.47. The van der Waals surface area contributed by atoms with E-state index in [1.807, 2.05) is 0 Å². The molecule has 1 aliphatic rings. The molecule has 11 heavy (non-hydrogen) atoms. The van der Waals surface area contributed by atoms with E-state index in [0.29, 0.717) is 11.8 Å². The Hall–Kier alpha value is -0.150. The Bertz CT molecular complexity index is 111. The SMILES string of the molecule is CC(C)C1CNN(C(C)F)C1. The van der Waals surface area contributed by atoms with Crippen molar-refractivity contribution in [2.75, 3.05) is 13.1 Å². The summed E-state index contributed by atoms with van der Waals surface area (Å²) in [6, 6.07) is 0. The van der Waals surface area contributed by atoms with Gasteiger partial charge in [0.15, 0.2) is 6.30 Å². The molecule has 1 heterocycles. The van der Waals surface area contributed by atoms with E-state index in [2.05, 4.69) is 19.3 Å². The van der Waals surface area contributed by atoms with Crippen LogP contribution in [-0.4, -0.2) is 24.4 Å². The van der Waals surface area contributed by atoms with Crippen LogP contribution in [0.2, 0.25) is 0 Å². The Morgan fingerprint density at radius 2 is 2.09 bits per heavy atom. The third-order valence-corrected chi connectivity index (χ3v) is 2.36. The maximum Gasteiger partial charge on any atom is 0.163 e. The van der Waals surface area contributed by atoms with E-state index in [9.17, 15) is 4.39 Å². The van der Waals surface area contributed by atoms with Crippen molar-refractivity contribution in [3.05, 3.63) is 0 Å². The fourth-order valence-corrected chi connectivity index (χ4v) is 1.33. The predicted molar refractivity (Wildman–Crippen MR) is 43.6 cm³/mol. The maximum atomic E-state index is 12.7. The first-order valence-electron chi connectivity index (χ1n) is 4.25. The van der Waals surface area contributed by atoms with Gasteiger partial charge in [0, 0.05) is 13.1 Å². The summed E-state index contributed by atoms with van der Waals surface area (Å²) in [5.41, 5.74) is 3.05. The van der Waals surface area contributed by atoms with E-state index < -0.39 is 6.30 Å². The van der Waals surface area contributed by atoms with Gasteiger partial charge in [-0.05, 0) is 18.8 Å². The van der Waals surface area contributed by atoms with Gasteiger partial charge >= 0.3 is 0 Å². The highest BCUT2D eigenvalue weighted by Crippen LogP contribution is 2.17. The van der Waals surface area contributed by atoms with Crippen molar-refractivity contribution < 1.29 is 4.39 Å². The highest BCUT2D eigenvalue weighted by atomic mass is 19.1. The van der Waals surface area contributed by atoms with Crippen molar-refractivity contribution >= 4 is 0 Å². The second kappa shape index (κ2) is 3.50. The summed E-state index contributed by atoms with van der Waals surface area (Å²) in [5, 5.41) is 1.67. The van der Waals surface area contributed by atoms with Crippen LogP contribution in [0.25, 0.3) is 0 Å². The molecule has 1 N–H and O–H groups in total. The number of nitrogens with one attached hydrogen (secondary N) is 1. The first kappa shape index (κ1) is 8.94. The van der Waals surface area contributed by atoms with Crippen LogP contribution in [0.1, 0.15) is 20.8 Å². The van der Waals surface area contributed by atoms with E-state index in [4.69, 9.17) is 0 Å². The van der Waals surface area contributed by atoms with Gasteiger partial charge in [-0.2, -0.15) is 0 Å². The van der Waals surface area contributed by atoms with Crippen molar-refractivity contribution in [3.8, 4) is 0 Å². The lowest BCUT2D eigenvalue weighted by Gasteiger charge is -2.17. The summed E-state index contributed by atoms with van der Waals surface area (Å²) >= 11 is 0. The van der Waals surface area contributed by atoms with Crippen LogP contribution in [0.5, 0.6) is 0 Å². The minimum absolute atomic E-state index is 0.605. The molecule has 2 atom stereocenters. The van der Waals surface area contributed by atoms with Crippen LogP contribution >= 0.6 is 0 Å². The molecule has 66 valence electrons. The van der Waals surface area contributed by atoms with E-state index >= 15 is 0 Å². The average molecular weight is 160 g/mol. The molecule has 0 radical (unpaired) electrons. The van der Waals surface area contributed by atoms with Crippen molar-refractivity contribution in [2.45, 2.75) is 27.1 Å². The van der Waals surface area contributed by atoms with Crippen LogP contribution < -0.4 is 5.43 Å². The molecule has 0 aromatic heterocycles. The molecule has 0 aromatic carbocycles. The van der Waals surface area contributed by atoms with Crippen LogP contribution in [0.4, 0.5) is 4.39 Å². The molecule has 1 saturated heterocycles. The van der Waals surface area contributed by atoms with Crippen LogP contribution in [-0.2, 0) is 0 Å². The van der Waals surface area contributed by atoms with Gasteiger partial charge in [0.2, 0.25) is 0 Å². The Morgan fingerprint density at radius 1 is 1.45 bits per heavy atom. The summed E-state index contributed by atoms with van der Waals surface area (Å²) < 4.78 is 12.7. The van der Waals surface area contributed by atoms with Crippen LogP contribution in [0.15, 0.2) is 0 Å². The summed E-state index contributed by atoms with van der Waals surface area (Å²) in [5.74, 6) is 1.25. The second-order valence-electron chi connectivity index (χ2n) is 3.59. The van der Waals surface area contributed by atoms with Gasteiger partial charge in [-0.25, -0.2) is 9.40 Å². The normalized spacial score (nSPS) is 29.7. The first-order valence-corrected chi connectivity index (χ1v) is 4.25. The third-order valence-electron chi connectivity index (χ3n) is 2.36. The molecule has 1 fully saturated rings. The lowest BCUT2D eigenvalue weighted by atomic mass is 9.97. The highest BCUT2D eigenvalue weighted by molar-refractivity contribution is 4.75.